The SMILES string of the molecule is COCC(=O)C1C(=O)N(N)c2ccccc2-c2ccccc21. The van der Waals surface area contributed by atoms with Crippen LogP contribution in [-0.4, -0.2) is 25.4 Å². The van der Waals surface area contributed by atoms with Gasteiger partial charge >= 0.3 is 0 Å². The minimum atomic E-state index is -0.950. The predicted octanol–water partition coefficient (Wildman–Crippen LogP) is 1.87. The molecule has 22 heavy (non-hydrogen) atoms. The van der Waals surface area contributed by atoms with E-state index >= 15 is 0 Å². The summed E-state index contributed by atoms with van der Waals surface area (Å²) in [6, 6.07) is 14.7. The van der Waals surface area contributed by atoms with Crippen molar-refractivity contribution in [2.24, 2.45) is 5.84 Å². The van der Waals surface area contributed by atoms with E-state index in [0.29, 0.717) is 11.3 Å². The second-order valence-corrected chi connectivity index (χ2v) is 5.14. The van der Waals surface area contributed by atoms with Gasteiger partial charge in [0.15, 0.2) is 5.78 Å². The number of rotatable bonds is 3. The Labute approximate surface area is 128 Å². The number of benzene rings is 2. The van der Waals surface area contributed by atoms with Gasteiger partial charge in [-0.2, -0.15) is 0 Å². The first-order valence-corrected chi connectivity index (χ1v) is 6.93. The largest absolute Gasteiger partial charge is 0.377 e. The average molecular weight is 296 g/mol. The highest BCUT2D eigenvalue weighted by Crippen LogP contribution is 2.39. The highest BCUT2D eigenvalue weighted by molar-refractivity contribution is 6.16. The molecule has 1 heterocycles. The van der Waals surface area contributed by atoms with Crippen LogP contribution in [0.15, 0.2) is 48.5 Å². The van der Waals surface area contributed by atoms with Crippen LogP contribution in [0, 0.1) is 0 Å². The summed E-state index contributed by atoms with van der Waals surface area (Å²) in [6.07, 6.45) is 0. The molecule has 0 spiro atoms. The molecular weight excluding hydrogens is 280 g/mol. The van der Waals surface area contributed by atoms with Crippen molar-refractivity contribution in [2.75, 3.05) is 18.7 Å². The van der Waals surface area contributed by atoms with E-state index in [4.69, 9.17) is 10.6 Å². The van der Waals surface area contributed by atoms with Crippen molar-refractivity contribution >= 4 is 17.4 Å². The normalized spacial score (nSPS) is 16.7. The van der Waals surface area contributed by atoms with Gasteiger partial charge in [-0.15, -0.1) is 0 Å². The van der Waals surface area contributed by atoms with E-state index in [1.54, 1.807) is 12.1 Å². The van der Waals surface area contributed by atoms with Crippen LogP contribution in [0.5, 0.6) is 0 Å². The van der Waals surface area contributed by atoms with Gasteiger partial charge in [0.05, 0.1) is 5.69 Å². The van der Waals surface area contributed by atoms with Gasteiger partial charge < -0.3 is 4.74 Å². The third-order valence-corrected chi connectivity index (χ3v) is 3.82. The van der Waals surface area contributed by atoms with Crippen LogP contribution >= 0.6 is 0 Å². The summed E-state index contributed by atoms with van der Waals surface area (Å²) < 4.78 is 4.91. The molecule has 0 saturated heterocycles. The van der Waals surface area contributed by atoms with Gasteiger partial charge in [-0.1, -0.05) is 42.5 Å². The molecule has 5 nitrogen and oxygen atoms in total. The molecule has 5 heteroatoms. The van der Waals surface area contributed by atoms with Gasteiger partial charge in [0.1, 0.15) is 12.5 Å². The minimum absolute atomic E-state index is 0.130. The molecule has 0 fully saturated rings. The Kier molecular flexibility index (Phi) is 3.75. The van der Waals surface area contributed by atoms with E-state index in [9.17, 15) is 9.59 Å². The lowest BCUT2D eigenvalue weighted by molar-refractivity contribution is -0.131. The van der Waals surface area contributed by atoms with Gasteiger partial charge in [-0.05, 0) is 17.2 Å². The van der Waals surface area contributed by atoms with Crippen molar-refractivity contribution in [2.45, 2.75) is 5.92 Å². The van der Waals surface area contributed by atoms with Gasteiger partial charge in [-0.3, -0.25) is 9.59 Å². The molecule has 1 unspecified atom stereocenters. The average Bonchev–Trinajstić information content (AvgIpc) is 2.63. The first kappa shape index (κ1) is 14.4. The number of carbonyl (C=O) groups is 2. The van der Waals surface area contributed by atoms with E-state index in [0.717, 1.165) is 16.1 Å². The molecule has 2 aromatic carbocycles. The Balaban J connectivity index is 2.25. The summed E-state index contributed by atoms with van der Waals surface area (Å²) in [4.78, 5) is 25.1. The van der Waals surface area contributed by atoms with Crippen LogP contribution in [-0.2, 0) is 14.3 Å². The van der Waals surface area contributed by atoms with Crippen LogP contribution in [0.25, 0.3) is 11.1 Å². The molecule has 0 aromatic heterocycles. The molecule has 1 aliphatic rings. The second kappa shape index (κ2) is 5.71. The molecule has 0 radical (unpaired) electrons. The van der Waals surface area contributed by atoms with Crippen LogP contribution in [0.1, 0.15) is 11.5 Å². The molecule has 1 aliphatic heterocycles. The fourth-order valence-electron chi connectivity index (χ4n) is 2.83. The maximum absolute atomic E-state index is 12.7. The number of fused-ring (bicyclic) bond motifs is 3. The second-order valence-electron chi connectivity index (χ2n) is 5.14. The molecule has 3 rings (SSSR count). The number of methoxy groups -OCH3 is 1. The number of para-hydroxylation sites is 1. The molecule has 0 bridgehead atoms. The maximum atomic E-state index is 12.7. The van der Waals surface area contributed by atoms with Crippen LogP contribution in [0.3, 0.4) is 0 Å². The zero-order valence-electron chi connectivity index (χ0n) is 12.2. The number of hydrogen-bond acceptors (Lipinski definition) is 4. The monoisotopic (exact) mass is 296 g/mol. The third-order valence-electron chi connectivity index (χ3n) is 3.82. The summed E-state index contributed by atoms with van der Waals surface area (Å²) in [5, 5.41) is 1.06. The van der Waals surface area contributed by atoms with E-state index in [1.807, 2.05) is 36.4 Å². The Morgan fingerprint density at radius 2 is 1.77 bits per heavy atom. The number of carbonyl (C=O) groups excluding carboxylic acids is 2. The summed E-state index contributed by atoms with van der Waals surface area (Å²) >= 11 is 0. The van der Waals surface area contributed by atoms with Crippen molar-refractivity contribution in [1.29, 1.82) is 0 Å². The number of Topliss-reactive ketones (excluding diaryl/α,β-unsaturated/α-hetero) is 1. The summed E-state index contributed by atoms with van der Waals surface area (Å²) in [6.45, 7) is -0.130. The number of amides is 1. The van der Waals surface area contributed by atoms with Gasteiger partial charge in [-0.25, -0.2) is 10.9 Å². The van der Waals surface area contributed by atoms with E-state index in [-0.39, 0.29) is 12.4 Å². The van der Waals surface area contributed by atoms with Crippen LogP contribution in [0.4, 0.5) is 5.69 Å². The molecule has 2 N–H and O–H groups in total. The summed E-state index contributed by atoms with van der Waals surface area (Å²) in [5.41, 5.74) is 2.93. The van der Waals surface area contributed by atoms with Gasteiger partial charge in [0.25, 0.3) is 5.91 Å². The maximum Gasteiger partial charge on any atom is 0.256 e. The number of hydrazine groups is 1. The Morgan fingerprint density at radius 1 is 1.14 bits per heavy atom. The number of anilines is 1. The molecule has 0 saturated carbocycles. The number of ketones is 1. The number of ether oxygens (including phenoxy) is 1. The molecule has 1 amide bonds. The summed E-state index contributed by atoms with van der Waals surface area (Å²) in [5.74, 6) is 4.29. The first-order valence-electron chi connectivity index (χ1n) is 6.93. The highest BCUT2D eigenvalue weighted by atomic mass is 16.5. The van der Waals surface area contributed by atoms with Crippen molar-refractivity contribution in [3.05, 3.63) is 54.1 Å². The Hall–Kier alpha value is -2.50. The zero-order chi connectivity index (χ0) is 15.7. The fourth-order valence-corrected chi connectivity index (χ4v) is 2.83. The quantitative estimate of drug-likeness (QED) is 0.533. The number of hydrogen-bond donors (Lipinski definition) is 1. The van der Waals surface area contributed by atoms with Crippen molar-refractivity contribution in [3.63, 3.8) is 0 Å². The first-order chi connectivity index (χ1) is 10.6. The fraction of sp³-hybridized carbons (Fsp3) is 0.176. The lowest BCUT2D eigenvalue weighted by Gasteiger charge is -2.20. The smallest absolute Gasteiger partial charge is 0.256 e. The Morgan fingerprint density at radius 3 is 2.50 bits per heavy atom. The summed E-state index contributed by atoms with van der Waals surface area (Å²) in [7, 11) is 1.43. The molecule has 2 aromatic rings. The zero-order valence-corrected chi connectivity index (χ0v) is 12.2. The molecule has 112 valence electrons. The molecule has 1 atom stereocenters. The van der Waals surface area contributed by atoms with Crippen molar-refractivity contribution < 1.29 is 14.3 Å². The van der Waals surface area contributed by atoms with E-state index < -0.39 is 11.8 Å². The molecular formula is C17H16N2O3. The minimum Gasteiger partial charge on any atom is -0.377 e. The third kappa shape index (κ3) is 2.20. The highest BCUT2D eigenvalue weighted by Gasteiger charge is 2.36. The van der Waals surface area contributed by atoms with Crippen LogP contribution in [0.2, 0.25) is 0 Å². The topological polar surface area (TPSA) is 72.6 Å². The van der Waals surface area contributed by atoms with Crippen molar-refractivity contribution in [3.8, 4) is 11.1 Å². The van der Waals surface area contributed by atoms with Crippen LogP contribution < -0.4 is 10.9 Å². The number of nitrogens with zero attached hydrogens (tertiary/aromatic N) is 1. The lowest BCUT2D eigenvalue weighted by Crippen LogP contribution is -2.43. The van der Waals surface area contributed by atoms with E-state index in [1.165, 1.54) is 7.11 Å². The lowest BCUT2D eigenvalue weighted by atomic mass is 9.88. The van der Waals surface area contributed by atoms with Crippen molar-refractivity contribution in [1.82, 2.24) is 0 Å². The number of nitrogens with two attached hydrogens (primary N) is 1. The van der Waals surface area contributed by atoms with Gasteiger partial charge in [0.2, 0.25) is 0 Å². The van der Waals surface area contributed by atoms with Gasteiger partial charge in [0, 0.05) is 12.7 Å². The molecule has 0 aliphatic carbocycles. The predicted molar refractivity (Wildman–Crippen MR) is 83.2 cm³/mol. The van der Waals surface area contributed by atoms with E-state index in [2.05, 4.69) is 0 Å². The standard InChI is InChI=1S/C17H16N2O3/c1-22-10-15(20)16-13-8-3-2-6-11(13)12-7-4-5-9-14(12)19(18)17(16)21/h2-9,16H,10,18H2,1H3. The Bertz CT molecular complexity index is 742.